The molecule has 90 valence electrons. The van der Waals surface area contributed by atoms with Crippen LogP contribution < -0.4 is 5.32 Å². The third-order valence-corrected chi connectivity index (χ3v) is 4.97. The molecule has 1 aromatic rings. The van der Waals surface area contributed by atoms with Gasteiger partial charge in [-0.25, -0.2) is 0 Å². The van der Waals surface area contributed by atoms with E-state index in [0.717, 1.165) is 25.6 Å². The van der Waals surface area contributed by atoms with Crippen LogP contribution in [0, 0.1) is 5.92 Å². The van der Waals surface area contributed by atoms with Gasteiger partial charge in [0.15, 0.2) is 0 Å². The average molecular weight is 304 g/mol. The minimum absolute atomic E-state index is 0.592. The van der Waals surface area contributed by atoms with Crippen molar-refractivity contribution >= 4 is 27.3 Å². The molecule has 2 nitrogen and oxygen atoms in total. The molecule has 0 saturated carbocycles. The molecule has 4 heteroatoms. The van der Waals surface area contributed by atoms with Crippen LogP contribution in [0.4, 0.5) is 0 Å². The van der Waals surface area contributed by atoms with Crippen LogP contribution in [0.25, 0.3) is 0 Å². The van der Waals surface area contributed by atoms with E-state index in [1.807, 2.05) is 11.3 Å². The molecule has 2 heterocycles. The fraction of sp³-hybridized carbons (Fsp3) is 0.667. The third-order valence-electron chi connectivity index (χ3n) is 3.25. The second-order valence-corrected chi connectivity index (χ2v) is 6.19. The molecule has 1 aliphatic rings. The lowest BCUT2D eigenvalue weighted by Gasteiger charge is -2.29. The molecule has 1 atom stereocenters. The van der Waals surface area contributed by atoms with Gasteiger partial charge in [-0.3, -0.25) is 0 Å². The van der Waals surface area contributed by atoms with Gasteiger partial charge in [0.2, 0.25) is 0 Å². The van der Waals surface area contributed by atoms with E-state index >= 15 is 0 Å². The zero-order valence-corrected chi connectivity index (χ0v) is 11.9. The van der Waals surface area contributed by atoms with E-state index < -0.39 is 0 Å². The summed E-state index contributed by atoms with van der Waals surface area (Å²) in [7, 11) is 2.07. The van der Waals surface area contributed by atoms with E-state index in [-0.39, 0.29) is 0 Å². The fourth-order valence-electron chi connectivity index (χ4n) is 2.30. The SMILES string of the molecule is CNC(Cc1cc(Br)cs1)C1CCOCC1. The average Bonchev–Trinajstić information content (AvgIpc) is 2.73. The molecule has 0 aliphatic carbocycles. The summed E-state index contributed by atoms with van der Waals surface area (Å²) in [6, 6.07) is 2.82. The van der Waals surface area contributed by atoms with E-state index in [1.165, 1.54) is 22.2 Å². The van der Waals surface area contributed by atoms with Gasteiger partial charge in [-0.2, -0.15) is 0 Å². The predicted octanol–water partition coefficient (Wildman–Crippen LogP) is 3.07. The second-order valence-electron chi connectivity index (χ2n) is 4.28. The van der Waals surface area contributed by atoms with Crippen LogP contribution in [0.3, 0.4) is 0 Å². The molecule has 16 heavy (non-hydrogen) atoms. The summed E-state index contributed by atoms with van der Waals surface area (Å²) in [5.74, 6) is 0.764. The van der Waals surface area contributed by atoms with Gasteiger partial charge in [-0.15, -0.1) is 11.3 Å². The molecule has 1 N–H and O–H groups in total. The molecule has 1 fully saturated rings. The molecule has 1 unspecified atom stereocenters. The highest BCUT2D eigenvalue weighted by Gasteiger charge is 2.23. The molecular weight excluding hydrogens is 286 g/mol. The van der Waals surface area contributed by atoms with Crippen LogP contribution in [-0.4, -0.2) is 26.3 Å². The van der Waals surface area contributed by atoms with E-state index in [0.29, 0.717) is 6.04 Å². The Bertz CT molecular complexity index is 323. The highest BCUT2D eigenvalue weighted by molar-refractivity contribution is 9.10. The molecule has 0 spiro atoms. The summed E-state index contributed by atoms with van der Waals surface area (Å²) in [4.78, 5) is 1.46. The summed E-state index contributed by atoms with van der Waals surface area (Å²) in [6.07, 6.45) is 3.52. The minimum Gasteiger partial charge on any atom is -0.381 e. The largest absolute Gasteiger partial charge is 0.381 e. The number of hydrogen-bond acceptors (Lipinski definition) is 3. The van der Waals surface area contributed by atoms with Crippen molar-refractivity contribution in [2.24, 2.45) is 5.92 Å². The summed E-state index contributed by atoms with van der Waals surface area (Å²) >= 11 is 5.35. The molecule has 1 aliphatic heterocycles. The molecule has 1 aromatic heterocycles. The Balaban J connectivity index is 1.94. The number of hydrogen-bond donors (Lipinski definition) is 1. The van der Waals surface area contributed by atoms with Gasteiger partial charge in [0.25, 0.3) is 0 Å². The molecule has 0 bridgehead atoms. The Morgan fingerprint density at radius 1 is 1.56 bits per heavy atom. The van der Waals surface area contributed by atoms with Crippen LogP contribution in [0.5, 0.6) is 0 Å². The number of thiophene rings is 1. The lowest BCUT2D eigenvalue weighted by Crippen LogP contribution is -2.38. The summed E-state index contributed by atoms with van der Waals surface area (Å²) in [5.41, 5.74) is 0. The Kier molecular flexibility index (Phi) is 4.82. The molecule has 0 radical (unpaired) electrons. The molecule has 0 aromatic carbocycles. The van der Waals surface area contributed by atoms with Gasteiger partial charge in [0, 0.05) is 34.0 Å². The van der Waals surface area contributed by atoms with Crippen LogP contribution >= 0.6 is 27.3 Å². The predicted molar refractivity (Wildman–Crippen MR) is 72.1 cm³/mol. The first-order valence-corrected chi connectivity index (χ1v) is 7.45. The highest BCUT2D eigenvalue weighted by Crippen LogP contribution is 2.25. The lowest BCUT2D eigenvalue weighted by atomic mass is 9.89. The summed E-state index contributed by atoms with van der Waals surface area (Å²) in [5, 5.41) is 5.62. The third kappa shape index (κ3) is 3.29. The fourth-order valence-corrected chi connectivity index (χ4v) is 3.81. The first-order valence-electron chi connectivity index (χ1n) is 5.77. The van der Waals surface area contributed by atoms with E-state index in [1.54, 1.807) is 0 Å². The van der Waals surface area contributed by atoms with Gasteiger partial charge in [0.1, 0.15) is 0 Å². The van der Waals surface area contributed by atoms with Crippen LogP contribution in [0.1, 0.15) is 17.7 Å². The van der Waals surface area contributed by atoms with Crippen molar-refractivity contribution in [3.63, 3.8) is 0 Å². The monoisotopic (exact) mass is 303 g/mol. The normalized spacial score (nSPS) is 19.9. The van der Waals surface area contributed by atoms with Crippen molar-refractivity contribution in [2.45, 2.75) is 25.3 Å². The maximum atomic E-state index is 5.42. The first-order chi connectivity index (χ1) is 7.79. The van der Waals surface area contributed by atoms with Gasteiger partial charge >= 0.3 is 0 Å². The number of rotatable bonds is 4. The van der Waals surface area contributed by atoms with Crippen LogP contribution in [0.15, 0.2) is 15.9 Å². The van der Waals surface area contributed by atoms with Crippen molar-refractivity contribution in [3.05, 3.63) is 20.8 Å². The van der Waals surface area contributed by atoms with Gasteiger partial charge in [-0.05, 0) is 54.2 Å². The quantitative estimate of drug-likeness (QED) is 0.923. The maximum absolute atomic E-state index is 5.42. The smallest absolute Gasteiger partial charge is 0.0469 e. The van der Waals surface area contributed by atoms with Gasteiger partial charge in [-0.1, -0.05) is 0 Å². The van der Waals surface area contributed by atoms with Crippen LogP contribution in [0.2, 0.25) is 0 Å². The molecule has 2 rings (SSSR count). The van der Waals surface area contributed by atoms with E-state index in [2.05, 4.69) is 39.7 Å². The van der Waals surface area contributed by atoms with Crippen molar-refractivity contribution in [2.75, 3.05) is 20.3 Å². The first kappa shape index (κ1) is 12.6. The maximum Gasteiger partial charge on any atom is 0.0469 e. The summed E-state index contributed by atoms with van der Waals surface area (Å²) < 4.78 is 6.62. The molecular formula is C12H18BrNOS. The van der Waals surface area contributed by atoms with Crippen molar-refractivity contribution < 1.29 is 4.74 Å². The van der Waals surface area contributed by atoms with E-state index in [4.69, 9.17) is 4.74 Å². The Morgan fingerprint density at radius 3 is 2.88 bits per heavy atom. The van der Waals surface area contributed by atoms with E-state index in [9.17, 15) is 0 Å². The van der Waals surface area contributed by atoms with Crippen molar-refractivity contribution in [1.82, 2.24) is 5.32 Å². The van der Waals surface area contributed by atoms with Crippen molar-refractivity contribution in [3.8, 4) is 0 Å². The second kappa shape index (κ2) is 6.15. The highest BCUT2D eigenvalue weighted by atomic mass is 79.9. The van der Waals surface area contributed by atoms with Gasteiger partial charge < -0.3 is 10.1 Å². The standard InChI is InChI=1S/C12H18BrNOS/c1-14-12(9-2-4-15-5-3-9)7-11-6-10(13)8-16-11/h6,8-9,12,14H,2-5,7H2,1H3. The van der Waals surface area contributed by atoms with Crippen LogP contribution in [-0.2, 0) is 11.2 Å². The lowest BCUT2D eigenvalue weighted by molar-refractivity contribution is 0.0548. The Labute approximate surface area is 110 Å². The van der Waals surface area contributed by atoms with Crippen molar-refractivity contribution in [1.29, 1.82) is 0 Å². The number of likely N-dealkylation sites (N-methyl/N-ethyl adjacent to an activating group) is 1. The zero-order chi connectivity index (χ0) is 11.4. The Hall–Kier alpha value is 0.1000. The zero-order valence-electron chi connectivity index (χ0n) is 9.54. The number of nitrogens with one attached hydrogen (secondary N) is 1. The Morgan fingerprint density at radius 2 is 2.31 bits per heavy atom. The van der Waals surface area contributed by atoms with Gasteiger partial charge in [0.05, 0.1) is 0 Å². The number of halogens is 1. The molecule has 0 amide bonds. The minimum atomic E-state index is 0.592. The topological polar surface area (TPSA) is 21.3 Å². The summed E-state index contributed by atoms with van der Waals surface area (Å²) in [6.45, 7) is 1.86. The molecule has 1 saturated heterocycles. The number of ether oxygens (including phenoxy) is 1.